The molecule has 0 bridgehead atoms. The summed E-state index contributed by atoms with van der Waals surface area (Å²) in [5.41, 5.74) is 2.68. The fourth-order valence-electron chi connectivity index (χ4n) is 2.80. The molecule has 1 aliphatic heterocycles. The van der Waals surface area contributed by atoms with E-state index in [1.165, 1.54) is 6.20 Å². The normalized spacial score (nSPS) is 15.8. The number of H-pyrrole nitrogens is 1. The van der Waals surface area contributed by atoms with Gasteiger partial charge in [-0.05, 0) is 25.0 Å². The van der Waals surface area contributed by atoms with Crippen LogP contribution in [0, 0.1) is 13.8 Å². The van der Waals surface area contributed by atoms with Gasteiger partial charge < -0.3 is 9.64 Å². The van der Waals surface area contributed by atoms with E-state index in [1.807, 2.05) is 11.0 Å². The number of hydrogen-bond donors (Lipinski definition) is 1. The highest BCUT2D eigenvalue weighted by molar-refractivity contribution is 5.91. The van der Waals surface area contributed by atoms with Crippen molar-refractivity contribution >= 4 is 5.91 Å². The highest BCUT2D eigenvalue weighted by Crippen LogP contribution is 2.26. The molecule has 3 rings (SSSR count). The Labute approximate surface area is 129 Å². The summed E-state index contributed by atoms with van der Waals surface area (Å²) >= 11 is 0. The van der Waals surface area contributed by atoms with Crippen LogP contribution in [0.4, 0.5) is 0 Å². The van der Waals surface area contributed by atoms with E-state index < -0.39 is 0 Å². The highest BCUT2D eigenvalue weighted by Gasteiger charge is 2.26. The molecule has 1 amide bonds. The van der Waals surface area contributed by atoms with Gasteiger partial charge in [0.25, 0.3) is 5.91 Å². The average Bonchev–Trinajstić information content (AvgIpc) is 3.05. The molecule has 6 heteroatoms. The number of aromatic amines is 1. The van der Waals surface area contributed by atoms with Crippen molar-refractivity contribution in [3.63, 3.8) is 0 Å². The molecule has 6 nitrogen and oxygen atoms in total. The third-order valence-corrected chi connectivity index (χ3v) is 4.06. The van der Waals surface area contributed by atoms with Crippen LogP contribution in [0.5, 0.6) is 5.75 Å². The standard InChI is InChI=1S/C16H20N4O2/c1-11-4-3-5-12(2)15(11)22-13-6-8-20(9-7-13)16(21)14-10-17-19-18-14/h3-5,10,13H,6-9H2,1-2H3,(H,17,18,19). The van der Waals surface area contributed by atoms with Crippen molar-refractivity contribution in [2.24, 2.45) is 0 Å². The molecule has 116 valence electrons. The Kier molecular flexibility index (Phi) is 4.09. The van der Waals surface area contributed by atoms with E-state index in [1.54, 1.807) is 0 Å². The van der Waals surface area contributed by atoms with Gasteiger partial charge in [0.2, 0.25) is 0 Å². The third kappa shape index (κ3) is 2.95. The molecule has 0 radical (unpaired) electrons. The second-order valence-electron chi connectivity index (χ2n) is 5.69. The number of likely N-dealkylation sites (tertiary alicyclic amines) is 1. The molecule has 22 heavy (non-hydrogen) atoms. The smallest absolute Gasteiger partial charge is 0.276 e. The predicted octanol–water partition coefficient (Wildman–Crippen LogP) is 2.11. The van der Waals surface area contributed by atoms with Crippen molar-refractivity contribution in [2.45, 2.75) is 32.8 Å². The fourth-order valence-corrected chi connectivity index (χ4v) is 2.80. The Morgan fingerprint density at radius 3 is 2.55 bits per heavy atom. The number of nitrogens with zero attached hydrogens (tertiary/aromatic N) is 3. The largest absolute Gasteiger partial charge is 0.490 e. The van der Waals surface area contributed by atoms with E-state index in [0.717, 1.165) is 29.7 Å². The van der Waals surface area contributed by atoms with Crippen LogP contribution >= 0.6 is 0 Å². The minimum atomic E-state index is -0.0701. The molecule has 0 saturated carbocycles. The molecule has 1 saturated heterocycles. The zero-order valence-electron chi connectivity index (χ0n) is 12.9. The maximum absolute atomic E-state index is 12.2. The summed E-state index contributed by atoms with van der Waals surface area (Å²) in [6, 6.07) is 6.16. The zero-order valence-corrected chi connectivity index (χ0v) is 12.9. The van der Waals surface area contributed by atoms with Gasteiger partial charge in [-0.3, -0.25) is 4.79 Å². The summed E-state index contributed by atoms with van der Waals surface area (Å²) in [6.45, 7) is 5.49. The number of para-hydroxylation sites is 1. The van der Waals surface area contributed by atoms with Gasteiger partial charge in [-0.2, -0.15) is 15.4 Å². The number of carbonyl (C=O) groups is 1. The van der Waals surface area contributed by atoms with Crippen molar-refractivity contribution in [2.75, 3.05) is 13.1 Å². The van der Waals surface area contributed by atoms with Gasteiger partial charge >= 0.3 is 0 Å². The summed E-state index contributed by atoms with van der Waals surface area (Å²) in [6.07, 6.45) is 3.28. The molecular weight excluding hydrogens is 280 g/mol. The van der Waals surface area contributed by atoms with Crippen LogP contribution in [0.15, 0.2) is 24.4 Å². The van der Waals surface area contributed by atoms with E-state index in [9.17, 15) is 4.79 Å². The van der Waals surface area contributed by atoms with Gasteiger partial charge in [-0.1, -0.05) is 18.2 Å². The number of carbonyl (C=O) groups excluding carboxylic acids is 1. The minimum absolute atomic E-state index is 0.0701. The lowest BCUT2D eigenvalue weighted by atomic mass is 10.1. The van der Waals surface area contributed by atoms with Crippen molar-refractivity contribution in [1.82, 2.24) is 20.3 Å². The maximum atomic E-state index is 12.2. The van der Waals surface area contributed by atoms with Gasteiger partial charge in [-0.25, -0.2) is 0 Å². The number of aryl methyl sites for hydroxylation is 2. The molecule has 1 aliphatic rings. The molecule has 0 unspecified atom stereocenters. The average molecular weight is 300 g/mol. The summed E-state index contributed by atoms with van der Waals surface area (Å²) in [4.78, 5) is 14.0. The van der Waals surface area contributed by atoms with Crippen LogP contribution in [-0.4, -0.2) is 45.4 Å². The number of benzene rings is 1. The molecule has 0 atom stereocenters. The maximum Gasteiger partial charge on any atom is 0.276 e. The van der Waals surface area contributed by atoms with E-state index in [-0.39, 0.29) is 12.0 Å². The Bertz CT molecular complexity index is 626. The van der Waals surface area contributed by atoms with Crippen LogP contribution in [0.25, 0.3) is 0 Å². The molecule has 2 aromatic rings. The summed E-state index contributed by atoms with van der Waals surface area (Å²) < 4.78 is 6.16. The van der Waals surface area contributed by atoms with Crippen LogP contribution in [0.2, 0.25) is 0 Å². The summed E-state index contributed by atoms with van der Waals surface area (Å²) in [7, 11) is 0. The Hall–Kier alpha value is -2.37. The molecule has 1 aromatic carbocycles. The second-order valence-corrected chi connectivity index (χ2v) is 5.69. The molecule has 1 fully saturated rings. The van der Waals surface area contributed by atoms with Crippen molar-refractivity contribution in [3.8, 4) is 5.75 Å². The monoisotopic (exact) mass is 300 g/mol. The SMILES string of the molecule is Cc1cccc(C)c1OC1CCN(C(=O)c2cn[nH]n2)CC1. The Morgan fingerprint density at radius 2 is 1.95 bits per heavy atom. The molecule has 1 aromatic heterocycles. The highest BCUT2D eigenvalue weighted by atomic mass is 16.5. The lowest BCUT2D eigenvalue weighted by molar-refractivity contribution is 0.0587. The number of ether oxygens (including phenoxy) is 1. The van der Waals surface area contributed by atoms with Gasteiger partial charge in [0.1, 0.15) is 11.9 Å². The van der Waals surface area contributed by atoms with Gasteiger partial charge in [0.05, 0.1) is 6.20 Å². The predicted molar refractivity (Wildman–Crippen MR) is 81.9 cm³/mol. The van der Waals surface area contributed by atoms with Crippen molar-refractivity contribution in [1.29, 1.82) is 0 Å². The zero-order chi connectivity index (χ0) is 15.5. The van der Waals surface area contributed by atoms with Gasteiger partial charge in [0.15, 0.2) is 5.69 Å². The third-order valence-electron chi connectivity index (χ3n) is 4.06. The number of nitrogens with one attached hydrogen (secondary N) is 1. The lowest BCUT2D eigenvalue weighted by Crippen LogP contribution is -2.42. The second kappa shape index (κ2) is 6.17. The molecule has 2 heterocycles. The first-order valence-corrected chi connectivity index (χ1v) is 7.53. The van der Waals surface area contributed by atoms with Crippen LogP contribution in [0.1, 0.15) is 34.5 Å². The molecular formula is C16H20N4O2. The van der Waals surface area contributed by atoms with E-state index in [0.29, 0.717) is 18.8 Å². The first-order chi connectivity index (χ1) is 10.6. The summed E-state index contributed by atoms with van der Waals surface area (Å²) in [5, 5.41) is 9.99. The Balaban J connectivity index is 1.59. The first kappa shape index (κ1) is 14.6. The fraction of sp³-hybridized carbons (Fsp3) is 0.438. The van der Waals surface area contributed by atoms with Crippen molar-refractivity contribution < 1.29 is 9.53 Å². The molecule has 0 spiro atoms. The van der Waals surface area contributed by atoms with Gasteiger partial charge in [0, 0.05) is 25.9 Å². The van der Waals surface area contributed by atoms with Crippen LogP contribution in [-0.2, 0) is 0 Å². The van der Waals surface area contributed by atoms with Crippen LogP contribution < -0.4 is 4.74 Å². The van der Waals surface area contributed by atoms with Crippen molar-refractivity contribution in [3.05, 3.63) is 41.2 Å². The topological polar surface area (TPSA) is 71.1 Å². The number of hydrogen-bond acceptors (Lipinski definition) is 4. The number of rotatable bonds is 3. The molecule has 0 aliphatic carbocycles. The number of aromatic nitrogens is 3. The Morgan fingerprint density at radius 1 is 1.27 bits per heavy atom. The lowest BCUT2D eigenvalue weighted by Gasteiger charge is -2.32. The minimum Gasteiger partial charge on any atom is -0.490 e. The van der Waals surface area contributed by atoms with E-state index >= 15 is 0 Å². The van der Waals surface area contributed by atoms with E-state index in [4.69, 9.17) is 4.74 Å². The quantitative estimate of drug-likeness (QED) is 0.942. The van der Waals surface area contributed by atoms with Crippen LogP contribution in [0.3, 0.4) is 0 Å². The number of piperidine rings is 1. The first-order valence-electron chi connectivity index (χ1n) is 7.53. The number of amides is 1. The summed E-state index contributed by atoms with van der Waals surface area (Å²) in [5.74, 6) is 0.906. The van der Waals surface area contributed by atoms with Gasteiger partial charge in [-0.15, -0.1) is 0 Å². The molecule has 1 N–H and O–H groups in total. The van der Waals surface area contributed by atoms with E-state index in [2.05, 4.69) is 41.4 Å².